The minimum atomic E-state index is 0.300. The lowest BCUT2D eigenvalue weighted by molar-refractivity contribution is 0.0700. The number of nitrogens with zero attached hydrogens (tertiary/aromatic N) is 3. The number of aryl methyl sites for hydroxylation is 1. The molecule has 2 heterocycles. The van der Waals surface area contributed by atoms with E-state index >= 15 is 0 Å². The van der Waals surface area contributed by atoms with E-state index in [1.807, 2.05) is 10.9 Å². The molecule has 5 heteroatoms. The molecule has 1 saturated carbocycles. The summed E-state index contributed by atoms with van der Waals surface area (Å²) in [5.74, 6) is 7.21. The Bertz CT molecular complexity index is 776. The highest BCUT2D eigenvalue weighted by Gasteiger charge is 2.18. The van der Waals surface area contributed by atoms with Crippen LogP contribution in [-0.4, -0.2) is 40.8 Å². The van der Waals surface area contributed by atoms with E-state index in [-0.39, 0.29) is 0 Å². The predicted octanol–water partition coefficient (Wildman–Crippen LogP) is 2.00. The van der Waals surface area contributed by atoms with Crippen LogP contribution in [0.15, 0.2) is 24.4 Å². The second kappa shape index (κ2) is 6.76. The lowest BCUT2D eigenvalue weighted by Crippen LogP contribution is -2.43. The molecule has 1 N–H and O–H groups in total. The molecule has 0 radical (unpaired) electrons. The van der Waals surface area contributed by atoms with E-state index < -0.39 is 0 Å². The van der Waals surface area contributed by atoms with Gasteiger partial charge in [-0.3, -0.25) is 4.68 Å². The average molecular weight is 322 g/mol. The highest BCUT2D eigenvalue weighted by atomic mass is 16.5. The number of hydrogen-bond donors (Lipinski definition) is 1. The Labute approximate surface area is 142 Å². The minimum absolute atomic E-state index is 0.300. The van der Waals surface area contributed by atoms with Gasteiger partial charge in [-0.2, -0.15) is 0 Å². The topological polar surface area (TPSA) is 52.0 Å². The van der Waals surface area contributed by atoms with Crippen molar-refractivity contribution >= 4 is 0 Å². The molecule has 1 aromatic heterocycles. The number of morpholine rings is 1. The van der Waals surface area contributed by atoms with Crippen molar-refractivity contribution < 1.29 is 4.74 Å². The third kappa shape index (κ3) is 3.66. The Morgan fingerprint density at radius 3 is 3.04 bits per heavy atom. The molecule has 4 rings (SSSR count). The molecule has 1 aliphatic carbocycles. The molecule has 2 aromatic rings. The van der Waals surface area contributed by atoms with Gasteiger partial charge in [-0.15, -0.1) is 5.10 Å². The maximum absolute atomic E-state index is 5.49. The zero-order valence-electron chi connectivity index (χ0n) is 14.0. The number of nitrogens with one attached hydrogen (secondary N) is 1. The second-order valence-corrected chi connectivity index (χ2v) is 6.63. The third-order valence-electron chi connectivity index (χ3n) is 4.44. The molecule has 1 unspecified atom stereocenters. The second-order valence-electron chi connectivity index (χ2n) is 6.63. The van der Waals surface area contributed by atoms with Crippen LogP contribution >= 0.6 is 0 Å². The van der Waals surface area contributed by atoms with Gasteiger partial charge >= 0.3 is 0 Å². The number of aromatic nitrogens is 3. The fourth-order valence-electron chi connectivity index (χ4n) is 2.92. The number of hydrogen-bond acceptors (Lipinski definition) is 4. The van der Waals surface area contributed by atoms with Crippen molar-refractivity contribution in [3.63, 3.8) is 0 Å². The van der Waals surface area contributed by atoms with Gasteiger partial charge in [0, 0.05) is 23.6 Å². The standard InChI is InChI=1S/C19H22N4O/c1-14-10-16(5-4-15-2-3-15)6-7-18(14)19-12-23(22-21-19)11-17-13-24-9-8-20-17/h6-7,10,12,15,17,20H,2-3,8-9,11,13H2,1H3. The molecule has 2 aliphatic rings. The SMILES string of the molecule is Cc1cc(C#CC2CC2)ccc1-c1cn(CC2COCCN2)nn1. The molecule has 124 valence electrons. The van der Waals surface area contributed by atoms with Gasteiger partial charge in [-0.1, -0.05) is 23.1 Å². The fraction of sp³-hybridized carbons (Fsp3) is 0.474. The van der Waals surface area contributed by atoms with Crippen molar-refractivity contribution in [2.45, 2.75) is 32.4 Å². The Morgan fingerprint density at radius 2 is 2.29 bits per heavy atom. The molecular weight excluding hydrogens is 300 g/mol. The van der Waals surface area contributed by atoms with Crippen LogP contribution in [0.2, 0.25) is 0 Å². The summed E-state index contributed by atoms with van der Waals surface area (Å²) >= 11 is 0. The maximum atomic E-state index is 5.49. The van der Waals surface area contributed by atoms with E-state index in [1.54, 1.807) is 0 Å². The lowest BCUT2D eigenvalue weighted by atomic mass is 10.0. The van der Waals surface area contributed by atoms with Crippen molar-refractivity contribution in [3.8, 4) is 23.1 Å². The van der Waals surface area contributed by atoms with E-state index in [1.165, 1.54) is 18.4 Å². The quantitative estimate of drug-likeness (QED) is 0.878. The average Bonchev–Trinajstić information content (AvgIpc) is 3.32. The van der Waals surface area contributed by atoms with Crippen LogP contribution < -0.4 is 5.32 Å². The van der Waals surface area contributed by atoms with E-state index in [2.05, 4.69) is 52.6 Å². The van der Waals surface area contributed by atoms with Crippen LogP contribution in [0.1, 0.15) is 24.0 Å². The fourth-order valence-corrected chi connectivity index (χ4v) is 2.92. The van der Waals surface area contributed by atoms with E-state index in [9.17, 15) is 0 Å². The zero-order chi connectivity index (χ0) is 16.4. The minimum Gasteiger partial charge on any atom is -0.378 e. The lowest BCUT2D eigenvalue weighted by Gasteiger charge is -2.23. The highest BCUT2D eigenvalue weighted by molar-refractivity contribution is 5.64. The summed E-state index contributed by atoms with van der Waals surface area (Å²) in [5, 5.41) is 12.0. The van der Waals surface area contributed by atoms with Crippen LogP contribution in [0.25, 0.3) is 11.3 Å². The van der Waals surface area contributed by atoms with Gasteiger partial charge in [0.25, 0.3) is 0 Å². The van der Waals surface area contributed by atoms with Gasteiger partial charge in [0.1, 0.15) is 5.69 Å². The number of ether oxygens (including phenoxy) is 1. The largest absolute Gasteiger partial charge is 0.378 e. The molecule has 5 nitrogen and oxygen atoms in total. The first-order valence-electron chi connectivity index (χ1n) is 8.62. The summed E-state index contributed by atoms with van der Waals surface area (Å²) in [6.45, 7) is 5.29. The molecule has 24 heavy (non-hydrogen) atoms. The van der Waals surface area contributed by atoms with E-state index in [0.29, 0.717) is 12.0 Å². The smallest absolute Gasteiger partial charge is 0.113 e. The summed E-state index contributed by atoms with van der Waals surface area (Å²) < 4.78 is 7.38. The molecule has 0 amide bonds. The van der Waals surface area contributed by atoms with E-state index in [0.717, 1.165) is 43.1 Å². The van der Waals surface area contributed by atoms with Gasteiger partial charge in [-0.25, -0.2) is 0 Å². The maximum Gasteiger partial charge on any atom is 0.113 e. The summed E-state index contributed by atoms with van der Waals surface area (Å²) in [6.07, 6.45) is 4.52. The molecule has 1 aromatic carbocycles. The van der Waals surface area contributed by atoms with Crippen molar-refractivity contribution in [1.82, 2.24) is 20.3 Å². The van der Waals surface area contributed by atoms with Gasteiger partial charge in [0.2, 0.25) is 0 Å². The molecule has 2 fully saturated rings. The summed E-state index contributed by atoms with van der Waals surface area (Å²) in [7, 11) is 0. The van der Waals surface area contributed by atoms with Crippen LogP contribution in [0.3, 0.4) is 0 Å². The van der Waals surface area contributed by atoms with Crippen LogP contribution in [0.5, 0.6) is 0 Å². The molecule has 0 spiro atoms. The first kappa shape index (κ1) is 15.4. The zero-order valence-corrected chi connectivity index (χ0v) is 14.0. The Hall–Kier alpha value is -2.16. The Kier molecular flexibility index (Phi) is 4.33. The Balaban J connectivity index is 1.48. The van der Waals surface area contributed by atoms with Gasteiger partial charge < -0.3 is 10.1 Å². The van der Waals surface area contributed by atoms with Crippen molar-refractivity contribution in [2.24, 2.45) is 5.92 Å². The van der Waals surface area contributed by atoms with Crippen LogP contribution in [0, 0.1) is 24.7 Å². The first-order valence-corrected chi connectivity index (χ1v) is 8.62. The Morgan fingerprint density at radius 1 is 1.38 bits per heavy atom. The van der Waals surface area contributed by atoms with Crippen molar-refractivity contribution in [2.75, 3.05) is 19.8 Å². The number of rotatable bonds is 3. The van der Waals surface area contributed by atoms with Crippen molar-refractivity contribution in [1.29, 1.82) is 0 Å². The monoisotopic (exact) mass is 322 g/mol. The molecule has 1 atom stereocenters. The van der Waals surface area contributed by atoms with Crippen molar-refractivity contribution in [3.05, 3.63) is 35.5 Å². The molecular formula is C19H22N4O. The molecule has 0 bridgehead atoms. The van der Waals surface area contributed by atoms with Gasteiger partial charge in [0.15, 0.2) is 0 Å². The summed E-state index contributed by atoms with van der Waals surface area (Å²) in [6, 6.07) is 6.62. The third-order valence-corrected chi connectivity index (χ3v) is 4.44. The van der Waals surface area contributed by atoms with Gasteiger partial charge in [-0.05, 0) is 37.5 Å². The normalized spacial score (nSPS) is 20.5. The summed E-state index contributed by atoms with van der Waals surface area (Å²) in [4.78, 5) is 0. The highest BCUT2D eigenvalue weighted by Crippen LogP contribution is 2.28. The van der Waals surface area contributed by atoms with E-state index in [4.69, 9.17) is 4.74 Å². The molecule has 1 aliphatic heterocycles. The predicted molar refractivity (Wildman–Crippen MR) is 92.4 cm³/mol. The van der Waals surface area contributed by atoms with Crippen LogP contribution in [-0.2, 0) is 11.3 Å². The van der Waals surface area contributed by atoms with Gasteiger partial charge in [0.05, 0.1) is 32.0 Å². The molecule has 1 saturated heterocycles. The van der Waals surface area contributed by atoms with Crippen LogP contribution in [0.4, 0.5) is 0 Å². The first-order chi connectivity index (χ1) is 11.8. The summed E-state index contributed by atoms with van der Waals surface area (Å²) in [5.41, 5.74) is 4.29. The number of benzene rings is 1.